The van der Waals surface area contributed by atoms with Crippen molar-refractivity contribution in [2.24, 2.45) is 4.99 Å². The van der Waals surface area contributed by atoms with E-state index in [4.69, 9.17) is 0 Å². The highest BCUT2D eigenvalue weighted by Gasteiger charge is 2.06. The number of amides is 1. The number of carbonyl (C=O) groups is 1. The summed E-state index contributed by atoms with van der Waals surface area (Å²) in [4.78, 5) is 19.6. The molecule has 6 nitrogen and oxygen atoms in total. The largest absolute Gasteiger partial charge is 0.361 e. The first-order chi connectivity index (χ1) is 14.7. The molecule has 4 N–H and O–H groups in total. The van der Waals surface area contributed by atoms with Crippen LogP contribution in [0.25, 0.3) is 10.9 Å². The van der Waals surface area contributed by atoms with E-state index in [0.717, 1.165) is 35.0 Å². The third-order valence-corrected chi connectivity index (χ3v) is 4.70. The van der Waals surface area contributed by atoms with Gasteiger partial charge < -0.3 is 20.9 Å². The second-order valence-corrected chi connectivity index (χ2v) is 6.95. The molecule has 0 unspecified atom stereocenters. The number of hydrogen-bond acceptors (Lipinski definition) is 2. The quantitative estimate of drug-likeness (QED) is 0.191. The van der Waals surface area contributed by atoms with Crippen molar-refractivity contribution in [3.05, 3.63) is 71.7 Å². The van der Waals surface area contributed by atoms with Crippen LogP contribution in [0.4, 0.5) is 4.39 Å². The van der Waals surface area contributed by atoms with Crippen molar-refractivity contribution in [2.45, 2.75) is 26.3 Å². The second-order valence-electron chi connectivity index (χ2n) is 6.95. The van der Waals surface area contributed by atoms with E-state index < -0.39 is 0 Å². The van der Waals surface area contributed by atoms with E-state index in [1.165, 1.54) is 12.1 Å². The highest BCUT2D eigenvalue weighted by molar-refractivity contribution is 14.0. The number of hydrogen-bond donors (Lipinski definition) is 4. The molecule has 3 rings (SSSR count). The van der Waals surface area contributed by atoms with Crippen molar-refractivity contribution in [1.29, 1.82) is 0 Å². The molecule has 1 heterocycles. The lowest BCUT2D eigenvalue weighted by atomic mass is 10.1. The number of nitrogens with one attached hydrogen (secondary N) is 4. The summed E-state index contributed by atoms with van der Waals surface area (Å²) in [7, 11) is 0. The number of guanidine groups is 1. The zero-order valence-corrected chi connectivity index (χ0v) is 19.9. The van der Waals surface area contributed by atoms with Crippen LogP contribution in [0.3, 0.4) is 0 Å². The number of nitrogens with zero attached hydrogens (tertiary/aromatic N) is 1. The number of aliphatic imine (C=N–C) groups is 1. The van der Waals surface area contributed by atoms with Crippen LogP contribution in [-0.4, -0.2) is 36.5 Å². The third kappa shape index (κ3) is 7.86. The topological polar surface area (TPSA) is 81.3 Å². The van der Waals surface area contributed by atoms with E-state index in [1.54, 1.807) is 6.07 Å². The minimum atomic E-state index is -0.247. The maximum absolute atomic E-state index is 13.3. The van der Waals surface area contributed by atoms with Gasteiger partial charge in [-0.2, -0.15) is 0 Å². The molecule has 0 saturated heterocycles. The summed E-state index contributed by atoms with van der Waals surface area (Å²) >= 11 is 0. The molecule has 1 aromatic heterocycles. The first kappa shape index (κ1) is 24.6. The summed E-state index contributed by atoms with van der Waals surface area (Å²) in [6.45, 7) is 4.34. The Kier molecular flexibility index (Phi) is 10.3. The fourth-order valence-corrected chi connectivity index (χ4v) is 3.18. The van der Waals surface area contributed by atoms with Crippen molar-refractivity contribution < 1.29 is 9.18 Å². The van der Waals surface area contributed by atoms with Gasteiger partial charge in [0.2, 0.25) is 5.91 Å². The second kappa shape index (κ2) is 12.9. The number of carbonyl (C=O) groups excluding carboxylic acids is 1. The van der Waals surface area contributed by atoms with Gasteiger partial charge in [0.15, 0.2) is 5.96 Å². The van der Waals surface area contributed by atoms with Crippen molar-refractivity contribution in [3.8, 4) is 0 Å². The normalized spacial score (nSPS) is 11.1. The average Bonchev–Trinajstić information content (AvgIpc) is 3.15. The number of benzene rings is 2. The Bertz CT molecular complexity index is 990. The Morgan fingerprint density at radius 2 is 1.90 bits per heavy atom. The molecule has 0 saturated carbocycles. The lowest BCUT2D eigenvalue weighted by Crippen LogP contribution is -2.38. The predicted molar refractivity (Wildman–Crippen MR) is 134 cm³/mol. The molecule has 31 heavy (non-hydrogen) atoms. The van der Waals surface area contributed by atoms with Crippen molar-refractivity contribution >= 4 is 46.7 Å². The Hall–Kier alpha value is -2.62. The molecular formula is C23H29FIN5O. The Labute approximate surface area is 199 Å². The number of H-pyrrole nitrogens is 1. The van der Waals surface area contributed by atoms with Crippen molar-refractivity contribution in [3.63, 3.8) is 0 Å². The number of fused-ring (bicyclic) bond motifs is 1. The molecule has 0 bridgehead atoms. The van der Waals surface area contributed by atoms with Gasteiger partial charge >= 0.3 is 0 Å². The molecule has 0 aliphatic heterocycles. The highest BCUT2D eigenvalue weighted by atomic mass is 127. The lowest BCUT2D eigenvalue weighted by Gasteiger charge is -2.11. The van der Waals surface area contributed by atoms with Gasteiger partial charge in [0.25, 0.3) is 0 Å². The summed E-state index contributed by atoms with van der Waals surface area (Å²) in [5, 5.41) is 10.4. The van der Waals surface area contributed by atoms with E-state index in [9.17, 15) is 9.18 Å². The van der Waals surface area contributed by atoms with Crippen molar-refractivity contribution in [2.75, 3.05) is 19.6 Å². The standard InChI is InChI=1S/C23H28FN5O.HI/c1-2-25-23(27-13-11-22(30)29-15-17-6-4-3-5-7-17)26-12-10-18-16-28-21-14-19(24)8-9-20(18)21;/h3-9,14,16,28H,2,10-13,15H2,1H3,(H,29,30)(H2,25,26,27);1H. The summed E-state index contributed by atoms with van der Waals surface area (Å²) in [6.07, 6.45) is 3.01. The van der Waals surface area contributed by atoms with E-state index >= 15 is 0 Å². The molecule has 0 aliphatic carbocycles. The molecule has 2 aromatic carbocycles. The molecule has 0 atom stereocenters. The monoisotopic (exact) mass is 537 g/mol. The summed E-state index contributed by atoms with van der Waals surface area (Å²) in [5.41, 5.74) is 2.99. The first-order valence-electron chi connectivity index (χ1n) is 10.2. The Morgan fingerprint density at radius 3 is 2.68 bits per heavy atom. The van der Waals surface area contributed by atoms with E-state index in [1.807, 2.05) is 43.5 Å². The summed E-state index contributed by atoms with van der Waals surface area (Å²) < 4.78 is 13.3. The zero-order chi connectivity index (χ0) is 21.2. The first-order valence-corrected chi connectivity index (χ1v) is 10.2. The zero-order valence-electron chi connectivity index (χ0n) is 17.6. The molecule has 3 aromatic rings. The maximum atomic E-state index is 13.3. The smallest absolute Gasteiger partial charge is 0.222 e. The van der Waals surface area contributed by atoms with Crippen LogP contribution in [0.5, 0.6) is 0 Å². The average molecular weight is 537 g/mol. The van der Waals surface area contributed by atoms with Gasteiger partial charge in [-0.05, 0) is 42.7 Å². The maximum Gasteiger partial charge on any atom is 0.222 e. The molecule has 8 heteroatoms. The van der Waals surface area contributed by atoms with Gasteiger partial charge in [0, 0.05) is 43.2 Å². The van der Waals surface area contributed by atoms with Gasteiger partial charge in [-0.25, -0.2) is 4.39 Å². The van der Waals surface area contributed by atoms with Crippen LogP contribution >= 0.6 is 24.0 Å². The molecule has 0 spiro atoms. The van der Waals surface area contributed by atoms with E-state index in [-0.39, 0.29) is 35.7 Å². The van der Waals surface area contributed by atoms with Gasteiger partial charge in [0.1, 0.15) is 5.82 Å². The van der Waals surface area contributed by atoms with Crippen LogP contribution in [-0.2, 0) is 17.8 Å². The molecule has 0 fully saturated rings. The van der Waals surface area contributed by atoms with Crippen LogP contribution in [0, 0.1) is 5.82 Å². The summed E-state index contributed by atoms with van der Waals surface area (Å²) in [5.74, 6) is 0.409. The Morgan fingerprint density at radius 1 is 1.10 bits per heavy atom. The SMILES string of the molecule is CCNC(=NCCC(=O)NCc1ccccc1)NCCc1c[nH]c2cc(F)ccc12.I. The molecule has 166 valence electrons. The predicted octanol–water partition coefficient (Wildman–Crippen LogP) is 3.73. The number of aromatic nitrogens is 1. The number of halogens is 2. The highest BCUT2D eigenvalue weighted by Crippen LogP contribution is 2.19. The van der Waals surface area contributed by atoms with Crippen LogP contribution in [0.15, 0.2) is 59.7 Å². The fourth-order valence-electron chi connectivity index (χ4n) is 3.18. The molecule has 0 radical (unpaired) electrons. The molecule has 1 amide bonds. The van der Waals surface area contributed by atoms with Crippen molar-refractivity contribution in [1.82, 2.24) is 20.9 Å². The minimum Gasteiger partial charge on any atom is -0.361 e. The van der Waals surface area contributed by atoms with Gasteiger partial charge in [-0.3, -0.25) is 9.79 Å². The molecule has 0 aliphatic rings. The Balaban J connectivity index is 0.00000341. The number of rotatable bonds is 9. The van der Waals surface area contributed by atoms with Gasteiger partial charge in [0.05, 0.1) is 6.54 Å². The van der Waals surface area contributed by atoms with E-state index in [0.29, 0.717) is 32.0 Å². The summed E-state index contributed by atoms with van der Waals surface area (Å²) in [6, 6.07) is 14.6. The minimum absolute atomic E-state index is 0. The van der Waals surface area contributed by atoms with Gasteiger partial charge in [-0.1, -0.05) is 30.3 Å². The van der Waals surface area contributed by atoms with Crippen LogP contribution < -0.4 is 16.0 Å². The van der Waals surface area contributed by atoms with Crippen LogP contribution in [0.1, 0.15) is 24.5 Å². The lowest BCUT2D eigenvalue weighted by molar-refractivity contribution is -0.121. The van der Waals surface area contributed by atoms with Crippen LogP contribution in [0.2, 0.25) is 0 Å². The van der Waals surface area contributed by atoms with Gasteiger partial charge in [-0.15, -0.1) is 24.0 Å². The van der Waals surface area contributed by atoms with E-state index in [2.05, 4.69) is 25.9 Å². The molecular weight excluding hydrogens is 508 g/mol. The third-order valence-electron chi connectivity index (χ3n) is 4.70. The number of aromatic amines is 1. The fraction of sp³-hybridized carbons (Fsp3) is 0.304.